The monoisotopic (exact) mass is 308 g/mol. The predicted molar refractivity (Wildman–Crippen MR) is 94.3 cm³/mol. The third-order valence-electron chi connectivity index (χ3n) is 4.15. The van der Waals surface area contributed by atoms with Crippen LogP contribution in [-0.4, -0.2) is 21.5 Å². The summed E-state index contributed by atoms with van der Waals surface area (Å²) in [6, 6.07) is 4.44. The summed E-state index contributed by atoms with van der Waals surface area (Å²) in [7, 11) is 0. The Labute approximate surface area is 138 Å². The molecule has 0 aromatic carbocycles. The van der Waals surface area contributed by atoms with E-state index < -0.39 is 0 Å². The number of rotatable bonds is 7. The van der Waals surface area contributed by atoms with Crippen molar-refractivity contribution in [3.05, 3.63) is 53.8 Å². The fourth-order valence-electron chi connectivity index (χ4n) is 2.87. The molecule has 0 unspecified atom stereocenters. The zero-order valence-corrected chi connectivity index (χ0v) is 13.5. The molecule has 1 aliphatic heterocycles. The molecule has 120 valence electrons. The van der Waals surface area contributed by atoms with E-state index in [9.17, 15) is 0 Å². The number of unbranched alkanes of at least 4 members (excludes halogenated alkanes) is 3. The van der Waals surface area contributed by atoms with Crippen molar-refractivity contribution in [1.29, 1.82) is 0 Å². The largest absolute Gasteiger partial charge is 0.370 e. The molecule has 0 radical (unpaired) electrons. The van der Waals surface area contributed by atoms with Crippen molar-refractivity contribution >= 4 is 11.9 Å². The molecular weight excluding hydrogens is 284 g/mol. The predicted octanol–water partition coefficient (Wildman–Crippen LogP) is 4.05. The molecule has 0 fully saturated rings. The lowest BCUT2D eigenvalue weighted by Crippen LogP contribution is -2.13. The number of hydrogen-bond acceptors (Lipinski definition) is 4. The van der Waals surface area contributed by atoms with Crippen LogP contribution in [0.5, 0.6) is 0 Å². The maximum Gasteiger partial charge on any atom is 0.129 e. The SMILES string of the molecule is C(=C\c1cncnc1)/CCCCCc1ccc2c(n1)NCCC2. The van der Waals surface area contributed by atoms with E-state index in [-0.39, 0.29) is 0 Å². The number of pyridine rings is 1. The number of nitrogens with zero attached hydrogens (tertiary/aromatic N) is 3. The minimum atomic E-state index is 1.06. The van der Waals surface area contributed by atoms with E-state index in [1.807, 2.05) is 12.4 Å². The Balaban J connectivity index is 1.35. The molecule has 1 aliphatic rings. The lowest BCUT2D eigenvalue weighted by Gasteiger charge is -2.17. The van der Waals surface area contributed by atoms with Gasteiger partial charge in [0.15, 0.2) is 0 Å². The Morgan fingerprint density at radius 2 is 2.00 bits per heavy atom. The molecule has 3 heterocycles. The van der Waals surface area contributed by atoms with Crippen LogP contribution in [0.1, 0.15) is 48.9 Å². The molecule has 4 heteroatoms. The minimum absolute atomic E-state index is 1.06. The van der Waals surface area contributed by atoms with Crippen LogP contribution in [0, 0.1) is 0 Å². The van der Waals surface area contributed by atoms with Crippen molar-refractivity contribution in [2.45, 2.75) is 44.9 Å². The van der Waals surface area contributed by atoms with Crippen LogP contribution >= 0.6 is 0 Å². The molecule has 0 saturated carbocycles. The van der Waals surface area contributed by atoms with Crippen LogP contribution < -0.4 is 5.32 Å². The van der Waals surface area contributed by atoms with Crippen LogP contribution in [0.4, 0.5) is 5.82 Å². The molecular formula is C19H24N4. The normalized spacial score (nSPS) is 13.7. The topological polar surface area (TPSA) is 50.7 Å². The molecule has 2 aromatic rings. The third kappa shape index (κ3) is 4.88. The molecule has 0 spiro atoms. The molecule has 1 N–H and O–H groups in total. The minimum Gasteiger partial charge on any atom is -0.370 e. The third-order valence-corrected chi connectivity index (χ3v) is 4.15. The number of fused-ring (bicyclic) bond motifs is 1. The van der Waals surface area contributed by atoms with E-state index >= 15 is 0 Å². The average Bonchev–Trinajstić information content (AvgIpc) is 2.61. The van der Waals surface area contributed by atoms with Gasteiger partial charge in [-0.15, -0.1) is 0 Å². The van der Waals surface area contributed by atoms with Gasteiger partial charge in [0.25, 0.3) is 0 Å². The van der Waals surface area contributed by atoms with Crippen molar-refractivity contribution in [3.63, 3.8) is 0 Å². The molecule has 4 nitrogen and oxygen atoms in total. The molecule has 3 rings (SSSR count). The average molecular weight is 308 g/mol. The van der Waals surface area contributed by atoms with Gasteiger partial charge in [-0.3, -0.25) is 0 Å². The lowest BCUT2D eigenvalue weighted by molar-refractivity contribution is 0.678. The van der Waals surface area contributed by atoms with Crippen LogP contribution in [0.2, 0.25) is 0 Å². The van der Waals surface area contributed by atoms with E-state index in [4.69, 9.17) is 4.98 Å². The maximum atomic E-state index is 4.75. The zero-order chi connectivity index (χ0) is 15.7. The second kappa shape index (κ2) is 8.42. The van der Waals surface area contributed by atoms with Gasteiger partial charge in [-0.05, 0) is 50.2 Å². The van der Waals surface area contributed by atoms with E-state index in [0.29, 0.717) is 0 Å². The number of hydrogen-bond donors (Lipinski definition) is 1. The van der Waals surface area contributed by atoms with Gasteiger partial charge in [-0.1, -0.05) is 24.6 Å². The number of allylic oxidation sites excluding steroid dienone is 1. The number of aromatic nitrogens is 3. The highest BCUT2D eigenvalue weighted by Crippen LogP contribution is 2.20. The van der Waals surface area contributed by atoms with Crippen molar-refractivity contribution in [2.75, 3.05) is 11.9 Å². The molecule has 0 aliphatic carbocycles. The second-order valence-corrected chi connectivity index (χ2v) is 6.01. The van der Waals surface area contributed by atoms with Gasteiger partial charge in [0.05, 0.1) is 0 Å². The Hall–Kier alpha value is -2.23. The molecule has 23 heavy (non-hydrogen) atoms. The van der Waals surface area contributed by atoms with Crippen molar-refractivity contribution < 1.29 is 0 Å². The first-order valence-corrected chi connectivity index (χ1v) is 8.56. The van der Waals surface area contributed by atoms with Gasteiger partial charge in [0.2, 0.25) is 0 Å². The first-order chi connectivity index (χ1) is 11.4. The van der Waals surface area contributed by atoms with E-state index in [1.165, 1.54) is 36.9 Å². The first-order valence-electron chi connectivity index (χ1n) is 8.56. The standard InChI is InChI=1S/C19H24N4/c1(2-4-7-16-13-20-15-21-14-16)3-5-9-18-11-10-17-8-6-12-22-19(17)23-18/h4,7,10-11,13-15H,1-3,5-6,8-9,12H2,(H,22,23)/b7-4+. The zero-order valence-electron chi connectivity index (χ0n) is 13.5. The van der Waals surface area contributed by atoms with Gasteiger partial charge in [-0.25, -0.2) is 15.0 Å². The molecule has 0 amide bonds. The summed E-state index contributed by atoms with van der Waals surface area (Å²) in [5, 5.41) is 3.41. The van der Waals surface area contributed by atoms with Crippen LogP contribution in [0.3, 0.4) is 0 Å². The summed E-state index contributed by atoms with van der Waals surface area (Å²) in [6.07, 6.45) is 17.7. The first kappa shape index (κ1) is 15.7. The van der Waals surface area contributed by atoms with E-state index in [1.54, 1.807) is 6.33 Å². The van der Waals surface area contributed by atoms with Gasteiger partial charge in [-0.2, -0.15) is 0 Å². The Bertz CT molecular complexity index is 637. The fourth-order valence-corrected chi connectivity index (χ4v) is 2.87. The highest BCUT2D eigenvalue weighted by molar-refractivity contribution is 5.47. The van der Waals surface area contributed by atoms with Gasteiger partial charge >= 0.3 is 0 Å². The van der Waals surface area contributed by atoms with E-state index in [0.717, 1.165) is 37.2 Å². The van der Waals surface area contributed by atoms with Crippen molar-refractivity contribution in [3.8, 4) is 0 Å². The van der Waals surface area contributed by atoms with E-state index in [2.05, 4.69) is 39.6 Å². The number of aryl methyl sites for hydroxylation is 2. The summed E-state index contributed by atoms with van der Waals surface area (Å²) in [5.41, 5.74) is 3.66. The Kier molecular flexibility index (Phi) is 5.73. The van der Waals surface area contributed by atoms with Crippen molar-refractivity contribution in [2.24, 2.45) is 0 Å². The Morgan fingerprint density at radius 1 is 1.09 bits per heavy atom. The van der Waals surface area contributed by atoms with Gasteiger partial charge in [0, 0.05) is 30.2 Å². The van der Waals surface area contributed by atoms with Crippen molar-refractivity contribution in [1.82, 2.24) is 15.0 Å². The molecule has 0 saturated heterocycles. The quantitative estimate of drug-likeness (QED) is 0.784. The lowest BCUT2D eigenvalue weighted by atomic mass is 10.0. The Morgan fingerprint density at radius 3 is 2.91 bits per heavy atom. The second-order valence-electron chi connectivity index (χ2n) is 6.01. The smallest absolute Gasteiger partial charge is 0.129 e. The summed E-state index contributed by atoms with van der Waals surface area (Å²) >= 11 is 0. The summed E-state index contributed by atoms with van der Waals surface area (Å²) in [5.74, 6) is 1.11. The van der Waals surface area contributed by atoms with Crippen LogP contribution in [-0.2, 0) is 12.8 Å². The molecule has 0 bridgehead atoms. The molecule has 2 aromatic heterocycles. The maximum absolute atomic E-state index is 4.75. The highest BCUT2D eigenvalue weighted by atomic mass is 15.0. The number of anilines is 1. The number of nitrogens with one attached hydrogen (secondary N) is 1. The van der Waals surface area contributed by atoms with Crippen LogP contribution in [0.15, 0.2) is 36.9 Å². The summed E-state index contributed by atoms with van der Waals surface area (Å²) in [6.45, 7) is 1.06. The molecule has 0 atom stereocenters. The van der Waals surface area contributed by atoms with Gasteiger partial charge in [0.1, 0.15) is 12.1 Å². The summed E-state index contributed by atoms with van der Waals surface area (Å²) in [4.78, 5) is 12.8. The highest BCUT2D eigenvalue weighted by Gasteiger charge is 2.09. The fraction of sp³-hybridized carbons (Fsp3) is 0.421. The summed E-state index contributed by atoms with van der Waals surface area (Å²) < 4.78 is 0. The van der Waals surface area contributed by atoms with Gasteiger partial charge < -0.3 is 5.32 Å². The van der Waals surface area contributed by atoms with Crippen LogP contribution in [0.25, 0.3) is 6.08 Å².